The van der Waals surface area contributed by atoms with E-state index in [0.717, 1.165) is 18.9 Å². The summed E-state index contributed by atoms with van der Waals surface area (Å²) < 4.78 is 1.81. The summed E-state index contributed by atoms with van der Waals surface area (Å²) in [6.45, 7) is 0. The van der Waals surface area contributed by atoms with Gasteiger partial charge in [0.2, 0.25) is 0 Å². The number of rotatable bonds is 1. The Labute approximate surface area is 102 Å². The van der Waals surface area contributed by atoms with Crippen LogP contribution in [0.5, 0.6) is 0 Å². The summed E-state index contributed by atoms with van der Waals surface area (Å²) in [6.07, 6.45) is 1.51. The lowest BCUT2D eigenvalue weighted by atomic mass is 10.2. The lowest BCUT2D eigenvalue weighted by Gasteiger charge is -1.98. The largest absolute Gasteiger partial charge is 0.478 e. The summed E-state index contributed by atoms with van der Waals surface area (Å²) in [5.41, 5.74) is 1.14. The predicted octanol–water partition coefficient (Wildman–Crippen LogP) is 3.23. The van der Waals surface area contributed by atoms with Crippen LogP contribution < -0.4 is 0 Å². The molecule has 0 unspecified atom stereocenters. The second-order valence-electron chi connectivity index (χ2n) is 2.79. The molecule has 0 aliphatic heterocycles. The quantitative estimate of drug-likeness (QED) is 0.762. The van der Waals surface area contributed by atoms with Crippen molar-refractivity contribution in [3.8, 4) is 0 Å². The smallest absolute Gasteiger partial charge is 0.337 e. The Kier molecular flexibility index (Phi) is 2.52. The summed E-state index contributed by atoms with van der Waals surface area (Å²) >= 11 is 5.49. The molecule has 0 saturated heterocycles. The fraction of sp³-hybridized carbons (Fsp3) is 0. The first kappa shape index (κ1) is 9.97. The van der Waals surface area contributed by atoms with Crippen molar-refractivity contribution in [1.82, 2.24) is 4.98 Å². The minimum atomic E-state index is -0.910. The van der Waals surface area contributed by atoms with Gasteiger partial charge in [0.15, 0.2) is 0 Å². The van der Waals surface area contributed by atoms with Gasteiger partial charge in [0.25, 0.3) is 0 Å². The molecule has 0 saturated carbocycles. The summed E-state index contributed by atoms with van der Waals surface area (Å²) in [5, 5.41) is 9.71. The molecule has 2 N–H and O–H groups in total. The highest BCUT2D eigenvalue weighted by Gasteiger charge is 2.14. The van der Waals surface area contributed by atoms with Crippen molar-refractivity contribution in [2.75, 3.05) is 0 Å². The molecule has 0 aliphatic carbocycles. The molecule has 1 heterocycles. The highest BCUT2D eigenvalue weighted by atomic mass is 127. The fourth-order valence-corrected chi connectivity index (χ4v) is 2.53. The van der Waals surface area contributed by atoms with E-state index in [-0.39, 0.29) is 0 Å². The first-order valence-electron chi connectivity index (χ1n) is 3.79. The van der Waals surface area contributed by atoms with Crippen LogP contribution in [0.25, 0.3) is 10.9 Å². The third-order valence-electron chi connectivity index (χ3n) is 1.96. The molecule has 5 heteroatoms. The average molecular weight is 366 g/mol. The monoisotopic (exact) mass is 365 g/mol. The summed E-state index contributed by atoms with van der Waals surface area (Å²) in [4.78, 5) is 13.8. The zero-order chi connectivity index (χ0) is 10.3. The number of carbonyl (C=O) groups is 1. The minimum absolute atomic E-state index is 0.311. The van der Waals surface area contributed by atoms with Gasteiger partial charge in [-0.2, -0.15) is 0 Å². The van der Waals surface area contributed by atoms with E-state index >= 15 is 0 Å². The van der Waals surface area contributed by atoms with Gasteiger partial charge in [-0.1, -0.05) is 0 Å². The Morgan fingerprint density at radius 1 is 1.50 bits per heavy atom. The number of H-pyrrole nitrogens is 1. The van der Waals surface area contributed by atoms with Crippen molar-refractivity contribution in [1.29, 1.82) is 0 Å². The van der Waals surface area contributed by atoms with E-state index in [0.29, 0.717) is 5.56 Å². The third kappa shape index (κ3) is 1.44. The lowest BCUT2D eigenvalue weighted by molar-refractivity contribution is 0.0699. The van der Waals surface area contributed by atoms with Crippen LogP contribution in [0, 0.1) is 3.57 Å². The van der Waals surface area contributed by atoms with Crippen molar-refractivity contribution in [3.05, 3.63) is 31.9 Å². The number of fused-ring (bicyclic) bond motifs is 1. The van der Waals surface area contributed by atoms with Gasteiger partial charge in [0.05, 0.1) is 11.1 Å². The van der Waals surface area contributed by atoms with Crippen molar-refractivity contribution < 1.29 is 9.90 Å². The Bertz CT molecular complexity index is 521. The van der Waals surface area contributed by atoms with Gasteiger partial charge in [-0.25, -0.2) is 4.79 Å². The maximum atomic E-state index is 10.9. The number of aromatic nitrogens is 1. The van der Waals surface area contributed by atoms with E-state index in [2.05, 4.69) is 43.5 Å². The number of aromatic carboxylic acids is 1. The zero-order valence-corrected chi connectivity index (χ0v) is 10.6. The van der Waals surface area contributed by atoms with Crippen LogP contribution in [0.15, 0.2) is 22.8 Å². The van der Waals surface area contributed by atoms with Gasteiger partial charge in [-0.3, -0.25) is 0 Å². The van der Waals surface area contributed by atoms with Crippen LogP contribution in [-0.4, -0.2) is 16.1 Å². The minimum Gasteiger partial charge on any atom is -0.478 e. The van der Waals surface area contributed by atoms with Crippen molar-refractivity contribution in [3.63, 3.8) is 0 Å². The Hall–Kier alpha value is -0.560. The standard InChI is InChI=1S/C9H5BrINO2/c10-5-1-2-6(11)7-4(9(13)14)3-12-8(5)7/h1-3,12H,(H,13,14). The van der Waals surface area contributed by atoms with E-state index in [1.54, 1.807) is 0 Å². The second kappa shape index (κ2) is 3.54. The lowest BCUT2D eigenvalue weighted by Crippen LogP contribution is -1.94. The molecule has 1 aromatic heterocycles. The molecule has 72 valence electrons. The van der Waals surface area contributed by atoms with E-state index in [9.17, 15) is 4.79 Å². The van der Waals surface area contributed by atoms with Gasteiger partial charge in [0.1, 0.15) is 0 Å². The van der Waals surface area contributed by atoms with Crippen LogP contribution in [0.2, 0.25) is 0 Å². The van der Waals surface area contributed by atoms with Crippen LogP contribution in [0.4, 0.5) is 0 Å². The van der Waals surface area contributed by atoms with Gasteiger partial charge in [-0.15, -0.1) is 0 Å². The number of carboxylic acid groups (broad SMARTS) is 1. The molecule has 0 fully saturated rings. The maximum absolute atomic E-state index is 10.9. The molecule has 2 rings (SSSR count). The van der Waals surface area contributed by atoms with Crippen LogP contribution in [0.3, 0.4) is 0 Å². The zero-order valence-electron chi connectivity index (χ0n) is 6.84. The number of halogens is 2. The van der Waals surface area contributed by atoms with E-state index in [1.165, 1.54) is 6.20 Å². The molecular formula is C9H5BrINO2. The van der Waals surface area contributed by atoms with Crippen molar-refractivity contribution in [2.45, 2.75) is 0 Å². The number of benzene rings is 1. The van der Waals surface area contributed by atoms with Gasteiger partial charge >= 0.3 is 5.97 Å². The summed E-state index contributed by atoms with van der Waals surface area (Å²) in [6, 6.07) is 3.78. The number of carboxylic acids is 1. The number of aromatic amines is 1. The molecule has 14 heavy (non-hydrogen) atoms. The number of hydrogen-bond acceptors (Lipinski definition) is 1. The number of hydrogen-bond donors (Lipinski definition) is 2. The van der Waals surface area contributed by atoms with Crippen molar-refractivity contribution in [2.24, 2.45) is 0 Å². The molecule has 2 aromatic rings. The van der Waals surface area contributed by atoms with Gasteiger partial charge in [0, 0.05) is 19.6 Å². The molecular weight excluding hydrogens is 361 g/mol. The van der Waals surface area contributed by atoms with Crippen LogP contribution >= 0.6 is 38.5 Å². The molecule has 0 atom stereocenters. The first-order valence-corrected chi connectivity index (χ1v) is 5.67. The first-order chi connectivity index (χ1) is 6.61. The highest BCUT2D eigenvalue weighted by Crippen LogP contribution is 2.29. The molecule has 0 spiro atoms. The fourth-order valence-electron chi connectivity index (χ4n) is 1.34. The van der Waals surface area contributed by atoms with Crippen molar-refractivity contribution >= 4 is 55.4 Å². The molecule has 3 nitrogen and oxygen atoms in total. The molecule has 0 amide bonds. The van der Waals surface area contributed by atoms with Gasteiger partial charge in [-0.05, 0) is 50.7 Å². The average Bonchev–Trinajstić information content (AvgIpc) is 2.56. The Morgan fingerprint density at radius 3 is 2.86 bits per heavy atom. The maximum Gasteiger partial charge on any atom is 0.337 e. The highest BCUT2D eigenvalue weighted by molar-refractivity contribution is 14.1. The molecule has 1 aromatic carbocycles. The topological polar surface area (TPSA) is 53.1 Å². The van der Waals surface area contributed by atoms with E-state index in [4.69, 9.17) is 5.11 Å². The Morgan fingerprint density at radius 2 is 2.21 bits per heavy atom. The van der Waals surface area contributed by atoms with Crippen LogP contribution in [-0.2, 0) is 0 Å². The third-order valence-corrected chi connectivity index (χ3v) is 3.52. The molecule has 0 radical (unpaired) electrons. The summed E-state index contributed by atoms with van der Waals surface area (Å²) in [5.74, 6) is -0.910. The second-order valence-corrected chi connectivity index (χ2v) is 4.80. The van der Waals surface area contributed by atoms with Gasteiger partial charge < -0.3 is 10.1 Å². The SMILES string of the molecule is O=C(O)c1c[nH]c2c(Br)ccc(I)c12. The Balaban J connectivity index is 2.90. The van der Waals surface area contributed by atoms with E-state index in [1.807, 2.05) is 12.1 Å². The molecule has 0 aliphatic rings. The summed E-state index contributed by atoms with van der Waals surface area (Å²) in [7, 11) is 0. The predicted molar refractivity (Wildman–Crippen MR) is 65.7 cm³/mol. The normalized spacial score (nSPS) is 10.7. The molecule has 0 bridgehead atoms. The number of nitrogens with one attached hydrogen (secondary N) is 1. The van der Waals surface area contributed by atoms with Crippen LogP contribution in [0.1, 0.15) is 10.4 Å². The van der Waals surface area contributed by atoms with E-state index < -0.39 is 5.97 Å².